The van der Waals surface area contributed by atoms with Gasteiger partial charge in [-0.25, -0.2) is 0 Å². The van der Waals surface area contributed by atoms with Crippen molar-refractivity contribution in [2.45, 2.75) is 59.0 Å². The molecule has 0 saturated heterocycles. The van der Waals surface area contributed by atoms with Crippen LogP contribution in [0.1, 0.15) is 52.9 Å². The van der Waals surface area contributed by atoms with Crippen LogP contribution < -0.4 is 0 Å². The molecule has 0 heterocycles. The summed E-state index contributed by atoms with van der Waals surface area (Å²) in [6.07, 6.45) is 8.11. The topological polar surface area (TPSA) is 26.3 Å². The fourth-order valence-corrected chi connectivity index (χ4v) is 2.33. The second-order valence-electron chi connectivity index (χ2n) is 4.61. The molecule has 0 aliphatic heterocycles. The molecule has 0 fully saturated rings. The minimum Gasteiger partial charge on any atom is -0.458 e. The van der Waals surface area contributed by atoms with E-state index in [0.717, 1.165) is 6.42 Å². The number of esters is 1. The summed E-state index contributed by atoms with van der Waals surface area (Å²) in [5, 5.41) is 0. The minimum absolute atomic E-state index is 0.0260. The van der Waals surface area contributed by atoms with Gasteiger partial charge < -0.3 is 4.74 Å². The van der Waals surface area contributed by atoms with Gasteiger partial charge >= 0.3 is 5.97 Å². The maximum atomic E-state index is 10.9. The first-order chi connectivity index (χ1) is 7.11. The molecule has 15 heavy (non-hydrogen) atoms. The zero-order valence-electron chi connectivity index (χ0n) is 10.1. The van der Waals surface area contributed by atoms with E-state index in [1.807, 2.05) is 0 Å². The molecular formula is C13H22O2. The molecule has 1 aliphatic rings. The van der Waals surface area contributed by atoms with Crippen molar-refractivity contribution in [1.29, 1.82) is 0 Å². The molecule has 0 saturated carbocycles. The van der Waals surface area contributed by atoms with Crippen molar-refractivity contribution in [3.63, 3.8) is 0 Å². The zero-order valence-corrected chi connectivity index (χ0v) is 10.1. The third-order valence-corrected chi connectivity index (χ3v) is 2.93. The summed E-state index contributed by atoms with van der Waals surface area (Å²) in [6, 6.07) is 0. The third-order valence-electron chi connectivity index (χ3n) is 2.93. The number of ether oxygens (including phenoxy) is 1. The van der Waals surface area contributed by atoms with Gasteiger partial charge in [-0.15, -0.1) is 0 Å². The summed E-state index contributed by atoms with van der Waals surface area (Å²) in [7, 11) is 0. The van der Waals surface area contributed by atoms with Gasteiger partial charge in [-0.3, -0.25) is 4.79 Å². The highest BCUT2D eigenvalue weighted by Gasteiger charge is 2.22. The summed E-state index contributed by atoms with van der Waals surface area (Å²) < 4.78 is 5.26. The lowest BCUT2D eigenvalue weighted by molar-refractivity contribution is -0.145. The maximum Gasteiger partial charge on any atom is 0.303 e. The molecule has 2 heteroatoms. The molecule has 1 aliphatic carbocycles. The van der Waals surface area contributed by atoms with Crippen molar-refractivity contribution in [3.05, 3.63) is 11.6 Å². The summed E-state index contributed by atoms with van der Waals surface area (Å²) >= 11 is 0. The number of unbranched alkanes of at least 4 members (excludes halogenated alkanes) is 1. The van der Waals surface area contributed by atoms with E-state index >= 15 is 0 Å². The lowest BCUT2D eigenvalue weighted by atomic mass is 9.84. The van der Waals surface area contributed by atoms with E-state index in [0.29, 0.717) is 5.92 Å². The van der Waals surface area contributed by atoms with Crippen molar-refractivity contribution < 1.29 is 9.53 Å². The Morgan fingerprint density at radius 1 is 1.60 bits per heavy atom. The lowest BCUT2D eigenvalue weighted by Crippen LogP contribution is -2.22. The van der Waals surface area contributed by atoms with Crippen LogP contribution in [0, 0.1) is 5.92 Å². The van der Waals surface area contributed by atoms with Crippen LogP contribution in [0.5, 0.6) is 0 Å². The van der Waals surface area contributed by atoms with E-state index in [9.17, 15) is 4.79 Å². The average Bonchev–Trinajstić information content (AvgIpc) is 2.12. The van der Waals surface area contributed by atoms with Gasteiger partial charge in [-0.05, 0) is 31.8 Å². The molecule has 0 bridgehead atoms. The Kier molecular flexibility index (Phi) is 4.86. The van der Waals surface area contributed by atoms with E-state index in [1.54, 1.807) is 0 Å². The predicted octanol–water partition coefficient (Wildman–Crippen LogP) is 3.46. The molecule has 0 aromatic carbocycles. The number of hydrogen-bond donors (Lipinski definition) is 0. The van der Waals surface area contributed by atoms with Gasteiger partial charge in [0.25, 0.3) is 0 Å². The van der Waals surface area contributed by atoms with E-state index in [4.69, 9.17) is 4.74 Å². The fraction of sp³-hybridized carbons (Fsp3) is 0.769. The van der Waals surface area contributed by atoms with Gasteiger partial charge in [0.15, 0.2) is 0 Å². The van der Waals surface area contributed by atoms with Crippen LogP contribution in [0.3, 0.4) is 0 Å². The number of rotatable bonds is 4. The largest absolute Gasteiger partial charge is 0.458 e. The molecule has 0 aromatic heterocycles. The van der Waals surface area contributed by atoms with Gasteiger partial charge in [-0.1, -0.05) is 31.8 Å². The summed E-state index contributed by atoms with van der Waals surface area (Å²) in [4.78, 5) is 10.9. The fourth-order valence-electron chi connectivity index (χ4n) is 2.33. The average molecular weight is 210 g/mol. The van der Waals surface area contributed by atoms with Crippen LogP contribution in [-0.2, 0) is 9.53 Å². The smallest absolute Gasteiger partial charge is 0.303 e. The normalized spacial score (nSPS) is 25.9. The first kappa shape index (κ1) is 12.3. The van der Waals surface area contributed by atoms with Crippen LogP contribution in [0.15, 0.2) is 11.6 Å². The van der Waals surface area contributed by atoms with Crippen LogP contribution in [-0.4, -0.2) is 12.1 Å². The zero-order chi connectivity index (χ0) is 11.3. The van der Waals surface area contributed by atoms with E-state index < -0.39 is 0 Å². The number of carbonyl (C=O) groups is 1. The van der Waals surface area contributed by atoms with Gasteiger partial charge in [-0.2, -0.15) is 0 Å². The summed E-state index contributed by atoms with van der Waals surface area (Å²) in [6.45, 7) is 5.84. The maximum absolute atomic E-state index is 10.9. The Bertz CT molecular complexity index is 243. The van der Waals surface area contributed by atoms with Crippen molar-refractivity contribution in [3.8, 4) is 0 Å². The molecule has 86 valence electrons. The molecule has 0 radical (unpaired) electrons. The Morgan fingerprint density at radius 3 is 2.93 bits per heavy atom. The quantitative estimate of drug-likeness (QED) is 0.524. The molecule has 0 aromatic rings. The highest BCUT2D eigenvalue weighted by atomic mass is 16.5. The molecular weight excluding hydrogens is 188 g/mol. The summed E-state index contributed by atoms with van der Waals surface area (Å²) in [5.41, 5.74) is 1.37. The SMILES string of the molecule is CCCCC1CC(C)=CC(OC(C)=O)C1. The number of allylic oxidation sites excluding steroid dienone is 1. The minimum atomic E-state index is -0.166. The van der Waals surface area contributed by atoms with Gasteiger partial charge in [0.05, 0.1) is 0 Å². The molecule has 2 atom stereocenters. The van der Waals surface area contributed by atoms with Crippen molar-refractivity contribution in [2.24, 2.45) is 5.92 Å². The molecule has 0 amide bonds. The third kappa shape index (κ3) is 4.50. The Labute approximate surface area is 92.7 Å². The van der Waals surface area contributed by atoms with E-state index in [-0.39, 0.29) is 12.1 Å². The Hall–Kier alpha value is -0.790. The van der Waals surface area contributed by atoms with Crippen LogP contribution in [0.25, 0.3) is 0 Å². The van der Waals surface area contributed by atoms with Crippen LogP contribution in [0.2, 0.25) is 0 Å². The standard InChI is InChI=1S/C13H22O2/c1-4-5-6-12-7-10(2)8-13(9-12)15-11(3)14/h8,12-13H,4-7,9H2,1-3H3. The Balaban J connectivity index is 2.46. The van der Waals surface area contributed by atoms with Gasteiger partial charge in [0, 0.05) is 6.92 Å². The second kappa shape index (κ2) is 5.94. The Morgan fingerprint density at radius 2 is 2.33 bits per heavy atom. The van der Waals surface area contributed by atoms with Crippen molar-refractivity contribution in [2.75, 3.05) is 0 Å². The number of carbonyl (C=O) groups excluding carboxylic acids is 1. The molecule has 2 nitrogen and oxygen atoms in total. The van der Waals surface area contributed by atoms with Crippen molar-refractivity contribution >= 4 is 5.97 Å². The predicted molar refractivity (Wildman–Crippen MR) is 61.6 cm³/mol. The first-order valence-corrected chi connectivity index (χ1v) is 5.96. The van der Waals surface area contributed by atoms with E-state index in [2.05, 4.69) is 19.9 Å². The molecule has 2 unspecified atom stereocenters. The number of hydrogen-bond acceptors (Lipinski definition) is 2. The van der Waals surface area contributed by atoms with E-state index in [1.165, 1.54) is 38.2 Å². The van der Waals surface area contributed by atoms with Gasteiger partial charge in [0.1, 0.15) is 6.10 Å². The highest BCUT2D eigenvalue weighted by Crippen LogP contribution is 2.29. The monoisotopic (exact) mass is 210 g/mol. The summed E-state index contributed by atoms with van der Waals surface area (Å²) in [5.74, 6) is 0.541. The van der Waals surface area contributed by atoms with Crippen molar-refractivity contribution in [1.82, 2.24) is 0 Å². The van der Waals surface area contributed by atoms with Crippen LogP contribution >= 0.6 is 0 Å². The first-order valence-electron chi connectivity index (χ1n) is 5.96. The highest BCUT2D eigenvalue weighted by molar-refractivity contribution is 5.66. The van der Waals surface area contributed by atoms with Crippen LogP contribution in [0.4, 0.5) is 0 Å². The van der Waals surface area contributed by atoms with Gasteiger partial charge in [0.2, 0.25) is 0 Å². The lowest BCUT2D eigenvalue weighted by Gasteiger charge is -2.27. The second-order valence-corrected chi connectivity index (χ2v) is 4.61. The molecule has 0 spiro atoms. The molecule has 1 rings (SSSR count). The molecule has 0 N–H and O–H groups in total.